The fourth-order valence-electron chi connectivity index (χ4n) is 2.80. The van der Waals surface area contributed by atoms with Crippen LogP contribution in [0.15, 0.2) is 60.7 Å². The Hall–Kier alpha value is -3.08. The summed E-state index contributed by atoms with van der Waals surface area (Å²) in [7, 11) is 1.37. The maximum Gasteiger partial charge on any atom is 0.360 e. The summed E-state index contributed by atoms with van der Waals surface area (Å²) < 4.78 is 12.6. The smallest absolute Gasteiger partial charge is 0.360 e. The van der Waals surface area contributed by atoms with Gasteiger partial charge in [-0.3, -0.25) is 4.68 Å². The van der Waals surface area contributed by atoms with Crippen LogP contribution in [0.3, 0.4) is 0 Å². The first-order valence-corrected chi connectivity index (χ1v) is 8.55. The van der Waals surface area contributed by atoms with Crippen molar-refractivity contribution in [2.75, 3.05) is 7.11 Å². The monoisotopic (exact) mass is 350 g/mol. The number of carbonyl (C=O) groups is 1. The largest absolute Gasteiger partial charge is 0.484 e. The van der Waals surface area contributed by atoms with Crippen molar-refractivity contribution in [3.8, 4) is 5.75 Å². The van der Waals surface area contributed by atoms with Gasteiger partial charge in [0.15, 0.2) is 11.4 Å². The lowest BCUT2D eigenvalue weighted by molar-refractivity contribution is 0.0581. The zero-order valence-corrected chi connectivity index (χ0v) is 15.0. The number of aromatic nitrogens is 2. The fourth-order valence-corrected chi connectivity index (χ4v) is 2.80. The first-order valence-electron chi connectivity index (χ1n) is 8.55. The molecule has 0 N–H and O–H groups in total. The highest BCUT2D eigenvalue weighted by Crippen LogP contribution is 2.25. The van der Waals surface area contributed by atoms with E-state index in [0.717, 1.165) is 12.0 Å². The van der Waals surface area contributed by atoms with Crippen LogP contribution in [0.2, 0.25) is 0 Å². The van der Waals surface area contributed by atoms with Crippen LogP contribution < -0.4 is 4.74 Å². The Morgan fingerprint density at radius 3 is 2.23 bits per heavy atom. The van der Waals surface area contributed by atoms with Gasteiger partial charge in [-0.2, -0.15) is 5.10 Å². The van der Waals surface area contributed by atoms with Crippen LogP contribution in [-0.4, -0.2) is 22.9 Å². The van der Waals surface area contributed by atoms with Crippen LogP contribution in [0.5, 0.6) is 5.75 Å². The van der Waals surface area contributed by atoms with Gasteiger partial charge in [0.05, 0.1) is 7.11 Å². The third-order valence-electron chi connectivity index (χ3n) is 4.13. The molecule has 0 fully saturated rings. The van der Waals surface area contributed by atoms with Gasteiger partial charge in [0, 0.05) is 6.54 Å². The van der Waals surface area contributed by atoms with Crippen molar-refractivity contribution in [3.63, 3.8) is 0 Å². The minimum absolute atomic E-state index is 0.358. The number of ether oxygens (including phenoxy) is 2. The van der Waals surface area contributed by atoms with Gasteiger partial charge < -0.3 is 9.47 Å². The Kier molecular flexibility index (Phi) is 5.69. The maximum absolute atomic E-state index is 12.3. The Labute approximate surface area is 153 Å². The van der Waals surface area contributed by atoms with Crippen molar-refractivity contribution >= 4 is 5.97 Å². The molecule has 0 bridgehead atoms. The van der Waals surface area contributed by atoms with Crippen LogP contribution in [0.25, 0.3) is 0 Å². The molecule has 0 atom stereocenters. The second-order valence-electron chi connectivity index (χ2n) is 5.99. The van der Waals surface area contributed by atoms with Crippen LogP contribution >= 0.6 is 0 Å². The first kappa shape index (κ1) is 17.7. The predicted molar refractivity (Wildman–Crippen MR) is 99.2 cm³/mol. The molecule has 0 spiro atoms. The van der Waals surface area contributed by atoms with Crippen LogP contribution in [0.4, 0.5) is 0 Å². The quantitative estimate of drug-likeness (QED) is 0.608. The van der Waals surface area contributed by atoms with Crippen molar-refractivity contribution in [1.82, 2.24) is 9.78 Å². The number of hydrogen-bond acceptors (Lipinski definition) is 4. The second-order valence-corrected chi connectivity index (χ2v) is 5.99. The van der Waals surface area contributed by atoms with E-state index in [9.17, 15) is 4.79 Å². The Bertz CT molecular complexity index is 858. The molecule has 0 saturated heterocycles. The lowest BCUT2D eigenvalue weighted by Gasteiger charge is -2.09. The van der Waals surface area contributed by atoms with Gasteiger partial charge in [0.1, 0.15) is 12.3 Å². The number of nitrogens with zero attached hydrogens (tertiary/aromatic N) is 2. The summed E-state index contributed by atoms with van der Waals surface area (Å²) in [5.74, 6) is 0.0375. The topological polar surface area (TPSA) is 53.4 Å². The molecule has 1 heterocycles. The van der Waals surface area contributed by atoms with Crippen molar-refractivity contribution in [3.05, 3.63) is 83.2 Å². The molecular weight excluding hydrogens is 328 g/mol. The van der Waals surface area contributed by atoms with E-state index in [0.29, 0.717) is 30.3 Å². The van der Waals surface area contributed by atoms with Crippen LogP contribution in [0.1, 0.15) is 27.3 Å². The van der Waals surface area contributed by atoms with Crippen LogP contribution in [0, 0.1) is 6.92 Å². The summed E-state index contributed by atoms with van der Waals surface area (Å²) in [6, 6.07) is 19.9. The third-order valence-corrected chi connectivity index (χ3v) is 4.13. The lowest BCUT2D eigenvalue weighted by Crippen LogP contribution is -2.14. The number of rotatable bonds is 7. The number of carbonyl (C=O) groups excluding carboxylic acids is 1. The van der Waals surface area contributed by atoms with Crippen molar-refractivity contribution in [2.24, 2.45) is 0 Å². The first-order chi connectivity index (χ1) is 12.7. The number of methoxy groups -OCH3 is 1. The normalized spacial score (nSPS) is 10.5. The molecule has 3 rings (SSSR count). The van der Waals surface area contributed by atoms with E-state index in [1.54, 1.807) is 4.68 Å². The summed E-state index contributed by atoms with van der Waals surface area (Å²) in [6.45, 7) is 2.78. The van der Waals surface area contributed by atoms with E-state index in [1.165, 1.54) is 12.7 Å². The number of hydrogen-bond donors (Lipinski definition) is 0. The molecular formula is C21H22N2O3. The number of esters is 1. The summed E-state index contributed by atoms with van der Waals surface area (Å²) in [6.07, 6.45) is 0.768. The van der Waals surface area contributed by atoms with Crippen LogP contribution in [-0.2, 0) is 24.3 Å². The Morgan fingerprint density at radius 1 is 1.00 bits per heavy atom. The molecule has 5 nitrogen and oxygen atoms in total. The summed E-state index contributed by atoms with van der Waals surface area (Å²) in [5.41, 5.74) is 3.24. The molecule has 26 heavy (non-hydrogen) atoms. The zero-order chi connectivity index (χ0) is 18.4. The van der Waals surface area contributed by atoms with Gasteiger partial charge in [-0.1, -0.05) is 60.7 Å². The SMILES string of the molecule is COC(=O)c1c(OCc2ccccc2)c(C)nn1CCc1ccccc1. The molecule has 0 aliphatic heterocycles. The highest BCUT2D eigenvalue weighted by atomic mass is 16.5. The molecule has 0 amide bonds. The second kappa shape index (κ2) is 8.34. The summed E-state index contributed by atoms with van der Waals surface area (Å²) >= 11 is 0. The zero-order valence-electron chi connectivity index (χ0n) is 15.0. The van der Waals surface area contributed by atoms with Gasteiger partial charge in [-0.05, 0) is 24.5 Å². The van der Waals surface area contributed by atoms with Crippen molar-refractivity contribution < 1.29 is 14.3 Å². The van der Waals surface area contributed by atoms with Gasteiger partial charge in [0.25, 0.3) is 0 Å². The maximum atomic E-state index is 12.3. The van der Waals surface area contributed by atoms with Crippen molar-refractivity contribution in [1.29, 1.82) is 0 Å². The molecule has 3 aromatic rings. The van der Waals surface area contributed by atoms with Gasteiger partial charge in [-0.25, -0.2) is 4.79 Å². The number of benzene rings is 2. The molecule has 5 heteroatoms. The summed E-state index contributed by atoms with van der Waals surface area (Å²) in [4.78, 5) is 12.3. The molecule has 0 aliphatic carbocycles. The molecule has 0 aliphatic rings. The summed E-state index contributed by atoms with van der Waals surface area (Å²) in [5, 5.41) is 4.50. The van der Waals surface area contributed by atoms with Gasteiger partial charge in [-0.15, -0.1) is 0 Å². The van der Waals surface area contributed by atoms with E-state index in [-0.39, 0.29) is 0 Å². The highest BCUT2D eigenvalue weighted by Gasteiger charge is 2.24. The molecule has 1 aromatic heterocycles. The Balaban J connectivity index is 1.81. The average Bonchev–Trinajstić information content (AvgIpc) is 3.01. The fraction of sp³-hybridized carbons (Fsp3) is 0.238. The molecule has 0 radical (unpaired) electrons. The molecule has 0 unspecified atom stereocenters. The van der Waals surface area contributed by atoms with E-state index >= 15 is 0 Å². The van der Waals surface area contributed by atoms with Crippen molar-refractivity contribution in [2.45, 2.75) is 26.5 Å². The third kappa shape index (κ3) is 4.11. The Morgan fingerprint density at radius 2 is 1.62 bits per heavy atom. The van der Waals surface area contributed by atoms with Gasteiger partial charge in [0.2, 0.25) is 0 Å². The minimum Gasteiger partial charge on any atom is -0.484 e. The number of aryl methyl sites for hydroxylation is 3. The van der Waals surface area contributed by atoms with E-state index < -0.39 is 5.97 Å². The highest BCUT2D eigenvalue weighted by molar-refractivity contribution is 5.91. The van der Waals surface area contributed by atoms with E-state index in [2.05, 4.69) is 17.2 Å². The lowest BCUT2D eigenvalue weighted by atomic mass is 10.1. The van der Waals surface area contributed by atoms with E-state index in [1.807, 2.05) is 55.5 Å². The molecule has 2 aromatic carbocycles. The van der Waals surface area contributed by atoms with E-state index in [4.69, 9.17) is 9.47 Å². The predicted octanol–water partition coefficient (Wildman–Crippen LogP) is 3.80. The standard InChI is InChI=1S/C21H22N2O3/c1-16-20(26-15-18-11-7-4-8-12-18)19(21(24)25-2)23(22-16)14-13-17-9-5-3-6-10-17/h3-12H,13-15H2,1-2H3. The molecule has 134 valence electrons. The van der Waals surface area contributed by atoms with Gasteiger partial charge >= 0.3 is 5.97 Å². The molecule has 0 saturated carbocycles. The minimum atomic E-state index is -0.443. The average molecular weight is 350 g/mol.